The number of benzene rings is 2. The Bertz CT molecular complexity index is 750. The van der Waals surface area contributed by atoms with Crippen molar-refractivity contribution in [3.8, 4) is 5.75 Å². The molecule has 0 amide bonds. The number of carbonyl (C=O) groups excluding carboxylic acids is 1. The summed E-state index contributed by atoms with van der Waals surface area (Å²) < 4.78 is 40.0. The molecule has 2 aromatic carbocycles. The Morgan fingerprint density at radius 3 is 2.29 bits per heavy atom. The predicted molar refractivity (Wildman–Crippen MR) is 86.1 cm³/mol. The lowest BCUT2D eigenvalue weighted by molar-refractivity contribution is -0.274. The summed E-state index contributed by atoms with van der Waals surface area (Å²) in [6.45, 7) is 3.89. The van der Waals surface area contributed by atoms with Gasteiger partial charge in [0.05, 0.1) is 0 Å². The fourth-order valence-electron chi connectivity index (χ4n) is 1.96. The number of nitrogens with one attached hydrogen (secondary N) is 1. The van der Waals surface area contributed by atoms with Gasteiger partial charge in [0, 0.05) is 23.5 Å². The molecule has 0 heterocycles. The lowest BCUT2D eigenvalue weighted by atomic mass is 10.0. The lowest BCUT2D eigenvalue weighted by Gasteiger charge is -2.09. The fourth-order valence-corrected chi connectivity index (χ4v) is 1.96. The monoisotopic (exact) mass is 335 g/mol. The van der Waals surface area contributed by atoms with E-state index in [1.165, 1.54) is 36.5 Å². The molecule has 0 atom stereocenters. The first-order valence-electron chi connectivity index (χ1n) is 7.15. The number of anilines is 1. The van der Waals surface area contributed by atoms with Gasteiger partial charge >= 0.3 is 6.36 Å². The van der Waals surface area contributed by atoms with Gasteiger partial charge in [-0.2, -0.15) is 0 Å². The quantitative estimate of drug-likeness (QED) is 0.616. The van der Waals surface area contributed by atoms with Crippen LogP contribution in [0.3, 0.4) is 0 Å². The van der Waals surface area contributed by atoms with Gasteiger partial charge in [-0.25, -0.2) is 0 Å². The van der Waals surface area contributed by atoms with Gasteiger partial charge in [-0.1, -0.05) is 12.1 Å². The summed E-state index contributed by atoms with van der Waals surface area (Å²) in [6, 6.07) is 10.7. The van der Waals surface area contributed by atoms with Crippen LogP contribution in [0.15, 0.2) is 54.7 Å². The maximum Gasteiger partial charge on any atom is 0.573 e. The minimum Gasteiger partial charge on any atom is -0.406 e. The van der Waals surface area contributed by atoms with Crippen LogP contribution >= 0.6 is 0 Å². The second kappa shape index (κ2) is 7.21. The van der Waals surface area contributed by atoms with E-state index in [1.54, 1.807) is 6.07 Å². The van der Waals surface area contributed by atoms with E-state index >= 15 is 0 Å². The van der Waals surface area contributed by atoms with Crippen LogP contribution in [0.1, 0.15) is 21.5 Å². The molecule has 0 aliphatic rings. The molecular weight excluding hydrogens is 319 g/mol. The summed E-state index contributed by atoms with van der Waals surface area (Å²) >= 11 is 0. The number of allylic oxidation sites excluding steroid dienone is 1. The minimum atomic E-state index is -4.71. The van der Waals surface area contributed by atoms with Gasteiger partial charge < -0.3 is 10.1 Å². The molecule has 0 fully saturated rings. The summed E-state index contributed by atoms with van der Waals surface area (Å²) in [6.07, 6.45) is -1.91. The smallest absolute Gasteiger partial charge is 0.406 e. The van der Waals surface area contributed by atoms with Crippen molar-refractivity contribution in [2.75, 3.05) is 5.32 Å². The van der Waals surface area contributed by atoms with Crippen LogP contribution in [-0.2, 0) is 0 Å². The summed E-state index contributed by atoms with van der Waals surface area (Å²) in [5.74, 6) is -0.467. The first-order valence-corrected chi connectivity index (χ1v) is 7.15. The summed E-state index contributed by atoms with van der Waals surface area (Å²) in [4.78, 5) is 12.0. The van der Waals surface area contributed by atoms with Crippen LogP contribution in [-0.4, -0.2) is 12.1 Å². The van der Waals surface area contributed by atoms with E-state index in [-0.39, 0.29) is 11.5 Å². The Hall–Kier alpha value is -2.76. The van der Waals surface area contributed by atoms with E-state index in [1.807, 2.05) is 26.0 Å². The van der Waals surface area contributed by atoms with E-state index in [0.29, 0.717) is 11.3 Å². The Labute approximate surface area is 137 Å². The molecule has 126 valence electrons. The minimum absolute atomic E-state index is 0.164. The normalized spacial score (nSPS) is 11.5. The highest BCUT2D eigenvalue weighted by Gasteiger charge is 2.30. The van der Waals surface area contributed by atoms with Crippen molar-refractivity contribution in [1.29, 1.82) is 0 Å². The lowest BCUT2D eigenvalue weighted by Crippen LogP contribution is -2.16. The molecule has 1 N–H and O–H groups in total. The molecule has 2 aromatic rings. The van der Waals surface area contributed by atoms with Crippen molar-refractivity contribution < 1.29 is 22.7 Å². The van der Waals surface area contributed by atoms with Crippen molar-refractivity contribution in [2.45, 2.75) is 20.2 Å². The number of hydrogen-bond donors (Lipinski definition) is 1. The van der Waals surface area contributed by atoms with E-state index in [0.717, 1.165) is 11.1 Å². The number of rotatable bonds is 5. The van der Waals surface area contributed by atoms with Gasteiger partial charge in [0.15, 0.2) is 5.78 Å². The number of alkyl halides is 3. The Balaban J connectivity index is 1.95. The highest BCUT2D eigenvalue weighted by molar-refractivity contribution is 6.04. The Morgan fingerprint density at radius 1 is 1.04 bits per heavy atom. The first kappa shape index (κ1) is 17.6. The zero-order chi connectivity index (χ0) is 17.7. The fraction of sp³-hybridized carbons (Fsp3) is 0.167. The topological polar surface area (TPSA) is 38.3 Å². The third-order valence-corrected chi connectivity index (χ3v) is 3.36. The van der Waals surface area contributed by atoms with Gasteiger partial charge in [-0.05, 0) is 55.3 Å². The van der Waals surface area contributed by atoms with Crippen LogP contribution in [0.5, 0.6) is 5.75 Å². The number of hydrogen-bond acceptors (Lipinski definition) is 3. The number of aryl methyl sites for hydroxylation is 2. The third-order valence-electron chi connectivity index (χ3n) is 3.36. The van der Waals surface area contributed by atoms with Gasteiger partial charge in [-0.15, -0.1) is 13.2 Å². The number of carbonyl (C=O) groups is 1. The molecular formula is C18H16F3NO2. The van der Waals surface area contributed by atoms with Gasteiger partial charge in [0.1, 0.15) is 5.75 Å². The molecule has 0 aliphatic carbocycles. The summed E-state index contributed by atoms with van der Waals surface area (Å²) in [7, 11) is 0. The van der Waals surface area contributed by atoms with Gasteiger partial charge in [0.25, 0.3) is 0 Å². The summed E-state index contributed by atoms with van der Waals surface area (Å²) in [5.41, 5.74) is 3.25. The molecule has 0 saturated heterocycles. The molecule has 3 nitrogen and oxygen atoms in total. The van der Waals surface area contributed by atoms with E-state index in [2.05, 4.69) is 10.1 Å². The largest absolute Gasteiger partial charge is 0.573 e. The van der Waals surface area contributed by atoms with Crippen LogP contribution < -0.4 is 10.1 Å². The Morgan fingerprint density at radius 2 is 1.71 bits per heavy atom. The molecule has 0 aliphatic heterocycles. The van der Waals surface area contributed by atoms with E-state index in [4.69, 9.17) is 0 Å². The number of ether oxygens (including phenoxy) is 1. The molecule has 24 heavy (non-hydrogen) atoms. The van der Waals surface area contributed by atoms with Crippen molar-refractivity contribution in [3.05, 3.63) is 71.4 Å². The zero-order valence-electron chi connectivity index (χ0n) is 13.1. The van der Waals surface area contributed by atoms with Gasteiger partial charge in [-0.3, -0.25) is 4.79 Å². The van der Waals surface area contributed by atoms with E-state index < -0.39 is 6.36 Å². The highest BCUT2D eigenvalue weighted by atomic mass is 19.4. The molecule has 0 radical (unpaired) electrons. The molecule has 0 unspecified atom stereocenters. The molecule has 0 saturated carbocycles. The second-order valence-electron chi connectivity index (χ2n) is 5.21. The highest BCUT2D eigenvalue weighted by Crippen LogP contribution is 2.23. The summed E-state index contributed by atoms with van der Waals surface area (Å²) in [5, 5.41) is 2.82. The van der Waals surface area contributed by atoms with Crippen molar-refractivity contribution in [3.63, 3.8) is 0 Å². The zero-order valence-corrected chi connectivity index (χ0v) is 13.1. The van der Waals surface area contributed by atoms with E-state index in [9.17, 15) is 18.0 Å². The maximum absolute atomic E-state index is 12.1. The standard InChI is InChI=1S/C18H16F3NO2/c1-12-3-4-14(11-13(12)2)17(23)9-10-22-15-5-7-16(8-6-15)24-18(19,20)21/h3-11,22H,1-2H3. The first-order chi connectivity index (χ1) is 11.2. The van der Waals surface area contributed by atoms with Crippen LogP contribution in [0.4, 0.5) is 18.9 Å². The molecule has 0 spiro atoms. The van der Waals surface area contributed by atoms with Crippen LogP contribution in [0, 0.1) is 13.8 Å². The predicted octanol–water partition coefficient (Wildman–Crippen LogP) is 5.01. The third kappa shape index (κ3) is 5.15. The SMILES string of the molecule is Cc1ccc(C(=O)C=CNc2ccc(OC(F)(F)F)cc2)cc1C. The van der Waals surface area contributed by atoms with Crippen molar-refractivity contribution in [1.82, 2.24) is 0 Å². The van der Waals surface area contributed by atoms with Crippen LogP contribution in [0.2, 0.25) is 0 Å². The number of halogens is 3. The van der Waals surface area contributed by atoms with Crippen molar-refractivity contribution in [2.24, 2.45) is 0 Å². The molecule has 2 rings (SSSR count). The van der Waals surface area contributed by atoms with Gasteiger partial charge in [0.2, 0.25) is 0 Å². The Kier molecular flexibility index (Phi) is 5.28. The number of ketones is 1. The average molecular weight is 335 g/mol. The average Bonchev–Trinajstić information content (AvgIpc) is 2.50. The van der Waals surface area contributed by atoms with Crippen molar-refractivity contribution >= 4 is 11.5 Å². The maximum atomic E-state index is 12.1. The molecule has 0 bridgehead atoms. The molecule has 0 aromatic heterocycles. The second-order valence-corrected chi connectivity index (χ2v) is 5.21. The molecule has 6 heteroatoms. The van der Waals surface area contributed by atoms with Crippen LogP contribution in [0.25, 0.3) is 0 Å².